The minimum absolute atomic E-state index is 0.0781. The van der Waals surface area contributed by atoms with E-state index in [0.717, 1.165) is 5.56 Å². The molecule has 1 aromatic heterocycles. The van der Waals surface area contributed by atoms with E-state index < -0.39 is 0 Å². The number of amides is 1. The van der Waals surface area contributed by atoms with Gasteiger partial charge in [-0.3, -0.25) is 9.59 Å². The lowest BCUT2D eigenvalue weighted by Crippen LogP contribution is -2.27. The molecule has 92 valence electrons. The van der Waals surface area contributed by atoms with Crippen LogP contribution in [0.4, 0.5) is 0 Å². The van der Waals surface area contributed by atoms with Gasteiger partial charge < -0.3 is 10.3 Å². The number of H-pyrrole nitrogens is 1. The lowest BCUT2D eigenvalue weighted by Gasteiger charge is -2.14. The molecule has 0 spiro atoms. The van der Waals surface area contributed by atoms with Gasteiger partial charge in [-0.05, 0) is 18.6 Å². The first-order valence-electron chi connectivity index (χ1n) is 5.71. The molecule has 0 aliphatic heterocycles. The highest BCUT2D eigenvalue weighted by Crippen LogP contribution is 2.11. The lowest BCUT2D eigenvalue weighted by atomic mass is 10.1. The van der Waals surface area contributed by atoms with Crippen LogP contribution in [0.5, 0.6) is 0 Å². The third-order valence-corrected chi connectivity index (χ3v) is 2.69. The van der Waals surface area contributed by atoms with Gasteiger partial charge in [0, 0.05) is 12.3 Å². The van der Waals surface area contributed by atoms with Crippen molar-refractivity contribution in [1.29, 1.82) is 0 Å². The van der Waals surface area contributed by atoms with E-state index in [9.17, 15) is 9.59 Å². The molecule has 0 aliphatic rings. The Bertz CT molecular complexity index is 570. The number of aromatic nitrogens is 1. The summed E-state index contributed by atoms with van der Waals surface area (Å²) < 4.78 is 0. The van der Waals surface area contributed by atoms with E-state index in [-0.39, 0.29) is 17.5 Å². The molecule has 0 saturated carbocycles. The molecule has 4 heteroatoms. The minimum atomic E-state index is -0.220. The number of hydrogen-bond acceptors (Lipinski definition) is 2. The summed E-state index contributed by atoms with van der Waals surface area (Å²) in [4.78, 5) is 25.3. The number of hydrogen-bond donors (Lipinski definition) is 2. The first-order chi connectivity index (χ1) is 8.66. The zero-order valence-electron chi connectivity index (χ0n) is 10.0. The average Bonchev–Trinajstić information content (AvgIpc) is 2.40. The Morgan fingerprint density at radius 1 is 1.17 bits per heavy atom. The highest BCUT2D eigenvalue weighted by atomic mass is 16.2. The van der Waals surface area contributed by atoms with E-state index in [0.29, 0.717) is 5.56 Å². The summed E-state index contributed by atoms with van der Waals surface area (Å²) in [7, 11) is 0. The van der Waals surface area contributed by atoms with Crippen LogP contribution in [0.15, 0.2) is 53.5 Å². The standard InChI is InChI=1S/C14H14N2O2/c1-10(11-5-3-2-4-6-11)16-14(18)12-7-8-13(17)15-9-12/h2-10H,1H3,(H,15,17)(H,16,18). The van der Waals surface area contributed by atoms with Gasteiger partial charge >= 0.3 is 0 Å². The molecule has 18 heavy (non-hydrogen) atoms. The second-order valence-corrected chi connectivity index (χ2v) is 4.05. The van der Waals surface area contributed by atoms with Gasteiger partial charge in [-0.2, -0.15) is 0 Å². The summed E-state index contributed by atoms with van der Waals surface area (Å²) in [5, 5.41) is 2.87. The summed E-state index contributed by atoms with van der Waals surface area (Å²) in [6.07, 6.45) is 1.41. The minimum Gasteiger partial charge on any atom is -0.345 e. The zero-order valence-corrected chi connectivity index (χ0v) is 10.0. The monoisotopic (exact) mass is 242 g/mol. The van der Waals surface area contributed by atoms with E-state index in [1.807, 2.05) is 37.3 Å². The van der Waals surface area contributed by atoms with Crippen LogP contribution in [-0.2, 0) is 0 Å². The van der Waals surface area contributed by atoms with Gasteiger partial charge in [0.05, 0.1) is 11.6 Å². The summed E-state index contributed by atoms with van der Waals surface area (Å²) in [6.45, 7) is 1.92. The van der Waals surface area contributed by atoms with E-state index in [4.69, 9.17) is 0 Å². The van der Waals surface area contributed by atoms with Crippen molar-refractivity contribution < 1.29 is 4.79 Å². The van der Waals surface area contributed by atoms with Crippen molar-refractivity contribution >= 4 is 5.91 Å². The van der Waals surface area contributed by atoms with Gasteiger partial charge in [0.2, 0.25) is 5.56 Å². The Morgan fingerprint density at radius 2 is 1.89 bits per heavy atom. The van der Waals surface area contributed by atoms with Gasteiger partial charge in [-0.25, -0.2) is 0 Å². The number of carbonyl (C=O) groups excluding carboxylic acids is 1. The molecule has 2 N–H and O–H groups in total. The highest BCUT2D eigenvalue weighted by Gasteiger charge is 2.10. The van der Waals surface area contributed by atoms with Crippen LogP contribution in [0, 0.1) is 0 Å². The van der Waals surface area contributed by atoms with E-state index in [1.165, 1.54) is 18.3 Å². The van der Waals surface area contributed by atoms with Gasteiger partial charge in [0.25, 0.3) is 5.91 Å². The molecule has 1 unspecified atom stereocenters. The third kappa shape index (κ3) is 2.85. The first-order valence-corrected chi connectivity index (χ1v) is 5.71. The quantitative estimate of drug-likeness (QED) is 0.863. The van der Waals surface area contributed by atoms with E-state index >= 15 is 0 Å². The SMILES string of the molecule is CC(NC(=O)c1ccc(=O)[nH]c1)c1ccccc1. The Morgan fingerprint density at radius 3 is 2.50 bits per heavy atom. The third-order valence-electron chi connectivity index (χ3n) is 2.69. The zero-order chi connectivity index (χ0) is 13.0. The molecule has 1 heterocycles. The van der Waals surface area contributed by atoms with E-state index in [2.05, 4.69) is 10.3 Å². The molecule has 1 atom stereocenters. The molecule has 0 radical (unpaired) electrons. The van der Waals surface area contributed by atoms with Crippen LogP contribution in [0.25, 0.3) is 0 Å². The van der Waals surface area contributed by atoms with Crippen LogP contribution in [0.1, 0.15) is 28.9 Å². The smallest absolute Gasteiger partial charge is 0.253 e. The van der Waals surface area contributed by atoms with Crippen LogP contribution in [-0.4, -0.2) is 10.9 Å². The van der Waals surface area contributed by atoms with Crippen LogP contribution in [0.2, 0.25) is 0 Å². The van der Waals surface area contributed by atoms with Crippen molar-refractivity contribution in [3.05, 3.63) is 70.1 Å². The number of rotatable bonds is 3. The summed E-state index contributed by atoms with van der Waals surface area (Å²) >= 11 is 0. The fourth-order valence-corrected chi connectivity index (χ4v) is 1.66. The topological polar surface area (TPSA) is 62.0 Å². The number of benzene rings is 1. The van der Waals surface area contributed by atoms with Gasteiger partial charge in [0.15, 0.2) is 0 Å². The molecule has 1 amide bonds. The summed E-state index contributed by atoms with van der Waals surface area (Å²) in [5.74, 6) is -0.206. The second kappa shape index (κ2) is 5.31. The lowest BCUT2D eigenvalue weighted by molar-refractivity contribution is 0.0939. The molecule has 0 bridgehead atoms. The van der Waals surface area contributed by atoms with Crippen molar-refractivity contribution in [1.82, 2.24) is 10.3 Å². The van der Waals surface area contributed by atoms with Crippen molar-refractivity contribution in [2.75, 3.05) is 0 Å². The predicted molar refractivity (Wildman–Crippen MR) is 69.4 cm³/mol. The van der Waals surface area contributed by atoms with Gasteiger partial charge in [-0.15, -0.1) is 0 Å². The molecule has 0 aliphatic carbocycles. The number of pyridine rings is 1. The first kappa shape index (κ1) is 12.1. The average molecular weight is 242 g/mol. The van der Waals surface area contributed by atoms with Crippen LogP contribution >= 0.6 is 0 Å². The molecular formula is C14H14N2O2. The normalized spacial score (nSPS) is 11.8. The fraction of sp³-hybridized carbons (Fsp3) is 0.143. The van der Waals surface area contributed by atoms with E-state index in [1.54, 1.807) is 0 Å². The summed E-state index contributed by atoms with van der Waals surface area (Å²) in [6, 6.07) is 12.5. The Hall–Kier alpha value is -2.36. The molecule has 2 aromatic rings. The molecule has 2 rings (SSSR count). The second-order valence-electron chi connectivity index (χ2n) is 4.05. The Labute approximate surface area is 105 Å². The van der Waals surface area contributed by atoms with Crippen LogP contribution < -0.4 is 10.9 Å². The maximum Gasteiger partial charge on any atom is 0.253 e. The number of nitrogens with one attached hydrogen (secondary N) is 2. The molecule has 0 fully saturated rings. The summed E-state index contributed by atoms with van der Waals surface area (Å²) in [5.41, 5.74) is 1.26. The number of aromatic amines is 1. The van der Waals surface area contributed by atoms with Gasteiger partial charge in [-0.1, -0.05) is 30.3 Å². The van der Waals surface area contributed by atoms with Crippen molar-refractivity contribution in [3.63, 3.8) is 0 Å². The van der Waals surface area contributed by atoms with Crippen molar-refractivity contribution in [2.45, 2.75) is 13.0 Å². The van der Waals surface area contributed by atoms with Crippen molar-refractivity contribution in [2.24, 2.45) is 0 Å². The van der Waals surface area contributed by atoms with Crippen LogP contribution in [0.3, 0.4) is 0 Å². The predicted octanol–water partition coefficient (Wildman–Crippen LogP) is 1.87. The number of carbonyl (C=O) groups is 1. The largest absolute Gasteiger partial charge is 0.345 e. The Balaban J connectivity index is 2.08. The maximum absolute atomic E-state index is 11.9. The highest BCUT2D eigenvalue weighted by molar-refractivity contribution is 5.94. The molecule has 1 aromatic carbocycles. The van der Waals surface area contributed by atoms with Gasteiger partial charge in [0.1, 0.15) is 0 Å². The molecule has 0 saturated heterocycles. The molecule has 4 nitrogen and oxygen atoms in total. The fourth-order valence-electron chi connectivity index (χ4n) is 1.66. The maximum atomic E-state index is 11.9. The van der Waals surface area contributed by atoms with Crippen molar-refractivity contribution in [3.8, 4) is 0 Å². The molecular weight excluding hydrogens is 228 g/mol. The Kier molecular flexibility index (Phi) is 3.57.